The second kappa shape index (κ2) is 14.3. The number of carbonyl (C=O) groups excluding carboxylic acids is 1. The van der Waals surface area contributed by atoms with Gasteiger partial charge in [0.2, 0.25) is 0 Å². The summed E-state index contributed by atoms with van der Waals surface area (Å²) < 4.78 is 30.9. The lowest BCUT2D eigenvalue weighted by Crippen LogP contribution is -2.40. The van der Waals surface area contributed by atoms with E-state index in [1.807, 2.05) is 74.5 Å². The zero-order valence-corrected chi connectivity index (χ0v) is 26.8. The molecule has 0 aliphatic carbocycles. The summed E-state index contributed by atoms with van der Waals surface area (Å²) >= 11 is 1.23. The summed E-state index contributed by atoms with van der Waals surface area (Å²) in [4.78, 5) is 33.7. The molecule has 1 aliphatic rings. The molecule has 45 heavy (non-hydrogen) atoms. The minimum Gasteiger partial charge on any atom is -0.493 e. The molecular weight excluding hydrogens is 592 g/mol. The molecule has 0 spiro atoms. The number of nitrogens with zero attached hydrogens (tertiary/aromatic N) is 2. The van der Waals surface area contributed by atoms with E-state index in [0.717, 1.165) is 6.42 Å². The molecule has 5 rings (SSSR count). The minimum atomic E-state index is -0.920. The van der Waals surface area contributed by atoms with Crippen molar-refractivity contribution in [3.05, 3.63) is 109 Å². The van der Waals surface area contributed by atoms with Crippen LogP contribution in [0.5, 0.6) is 23.0 Å². The molecule has 2 heterocycles. The molecule has 3 aromatic carbocycles. The second-order valence-electron chi connectivity index (χ2n) is 9.97. The van der Waals surface area contributed by atoms with Crippen LogP contribution < -0.4 is 33.8 Å². The van der Waals surface area contributed by atoms with Crippen molar-refractivity contribution in [3.8, 4) is 23.0 Å². The van der Waals surface area contributed by atoms with Crippen molar-refractivity contribution in [2.45, 2.75) is 33.2 Å². The molecule has 0 bridgehead atoms. The topological polar surface area (TPSA) is 97.6 Å². The standard InChI is InChI=1S/C35H36N2O7S/c1-6-20-44-32-24(17-13-19-26(32)41-5)30-28(34(39)43-8-3)29(22-14-10-9-11-15-22)36-35-37(30)33(38)27(45-35)21-23-16-12-18-25(40-4)31(23)42-7-2/h9-19,21,30H,6-8,20H2,1-5H3/b27-21+/t30-/m0/s1. The molecule has 1 aromatic heterocycles. The molecule has 0 unspecified atom stereocenters. The van der Waals surface area contributed by atoms with Gasteiger partial charge in [-0.1, -0.05) is 72.9 Å². The fourth-order valence-corrected chi connectivity index (χ4v) is 6.24. The number of fused-ring (bicyclic) bond motifs is 1. The first-order valence-corrected chi connectivity index (χ1v) is 15.7. The molecule has 0 N–H and O–H groups in total. The molecule has 0 amide bonds. The van der Waals surface area contributed by atoms with Crippen LogP contribution in [0.15, 0.2) is 82.1 Å². The molecule has 0 fully saturated rings. The fraction of sp³-hybridized carbons (Fsp3) is 0.286. The number of methoxy groups -OCH3 is 2. The first-order valence-electron chi connectivity index (χ1n) is 14.8. The predicted octanol–water partition coefficient (Wildman–Crippen LogP) is 5.14. The number of thiazole rings is 1. The highest BCUT2D eigenvalue weighted by atomic mass is 32.1. The van der Waals surface area contributed by atoms with Crippen molar-refractivity contribution >= 4 is 29.1 Å². The maximum atomic E-state index is 14.4. The number of esters is 1. The van der Waals surface area contributed by atoms with Crippen molar-refractivity contribution in [1.82, 2.24) is 4.57 Å². The van der Waals surface area contributed by atoms with E-state index in [1.165, 1.54) is 11.3 Å². The Morgan fingerprint density at radius 1 is 0.889 bits per heavy atom. The number of rotatable bonds is 12. The third-order valence-electron chi connectivity index (χ3n) is 7.15. The van der Waals surface area contributed by atoms with Gasteiger partial charge in [0.15, 0.2) is 27.8 Å². The van der Waals surface area contributed by atoms with Gasteiger partial charge >= 0.3 is 5.97 Å². The van der Waals surface area contributed by atoms with E-state index in [2.05, 4.69) is 0 Å². The first-order chi connectivity index (χ1) is 22.0. The van der Waals surface area contributed by atoms with Gasteiger partial charge in [0.25, 0.3) is 5.56 Å². The molecule has 1 atom stereocenters. The van der Waals surface area contributed by atoms with E-state index in [1.54, 1.807) is 37.9 Å². The highest BCUT2D eigenvalue weighted by Gasteiger charge is 2.37. The average Bonchev–Trinajstić information content (AvgIpc) is 3.38. The summed E-state index contributed by atoms with van der Waals surface area (Å²) in [5.74, 6) is 1.45. The molecule has 0 saturated carbocycles. The second-order valence-corrected chi connectivity index (χ2v) is 11.0. The van der Waals surface area contributed by atoms with Crippen molar-refractivity contribution in [2.75, 3.05) is 34.0 Å². The number of hydrogen-bond donors (Lipinski definition) is 0. The molecule has 9 nitrogen and oxygen atoms in total. The van der Waals surface area contributed by atoms with Crippen LogP contribution in [0.4, 0.5) is 0 Å². The summed E-state index contributed by atoms with van der Waals surface area (Å²) in [6.07, 6.45) is 2.52. The predicted molar refractivity (Wildman–Crippen MR) is 174 cm³/mol. The van der Waals surface area contributed by atoms with E-state index in [-0.39, 0.29) is 17.7 Å². The summed E-state index contributed by atoms with van der Waals surface area (Å²) in [5, 5.41) is 0. The van der Waals surface area contributed by atoms with Crippen molar-refractivity contribution in [2.24, 2.45) is 4.99 Å². The quantitative estimate of drug-likeness (QED) is 0.201. The van der Waals surface area contributed by atoms with Gasteiger partial charge in [-0.05, 0) is 38.5 Å². The lowest BCUT2D eigenvalue weighted by Gasteiger charge is -2.27. The van der Waals surface area contributed by atoms with Crippen molar-refractivity contribution in [3.63, 3.8) is 0 Å². The highest BCUT2D eigenvalue weighted by molar-refractivity contribution is 7.07. The van der Waals surface area contributed by atoms with E-state index in [0.29, 0.717) is 67.9 Å². The number of carbonyl (C=O) groups is 1. The van der Waals surface area contributed by atoms with E-state index >= 15 is 0 Å². The maximum absolute atomic E-state index is 14.4. The Kier molecular flexibility index (Phi) is 10.0. The normalized spacial score (nSPS) is 14.4. The Bertz CT molecular complexity index is 1890. The number of benzene rings is 3. The summed E-state index contributed by atoms with van der Waals surface area (Å²) in [7, 11) is 3.13. The van der Waals surface area contributed by atoms with Crippen molar-refractivity contribution in [1.29, 1.82) is 0 Å². The molecule has 4 aromatic rings. The lowest BCUT2D eigenvalue weighted by molar-refractivity contribution is -0.138. The minimum absolute atomic E-state index is 0.148. The molecule has 10 heteroatoms. The van der Waals surface area contributed by atoms with Gasteiger partial charge in [0.1, 0.15) is 6.04 Å². The molecule has 0 radical (unpaired) electrons. The van der Waals surface area contributed by atoms with Gasteiger partial charge in [-0.15, -0.1) is 0 Å². The third kappa shape index (κ3) is 6.23. The van der Waals surface area contributed by atoms with Crippen LogP contribution in [-0.4, -0.2) is 44.6 Å². The maximum Gasteiger partial charge on any atom is 0.338 e. The Balaban J connectivity index is 1.87. The Morgan fingerprint density at radius 2 is 1.60 bits per heavy atom. The van der Waals surface area contributed by atoms with Gasteiger partial charge in [-0.25, -0.2) is 9.79 Å². The molecular formula is C35H36N2O7S. The van der Waals surface area contributed by atoms with Gasteiger partial charge < -0.3 is 23.7 Å². The van der Waals surface area contributed by atoms with Gasteiger partial charge in [0.05, 0.1) is 49.8 Å². The zero-order chi connectivity index (χ0) is 31.9. The fourth-order valence-electron chi connectivity index (χ4n) is 5.25. The van der Waals surface area contributed by atoms with E-state index in [9.17, 15) is 9.59 Å². The van der Waals surface area contributed by atoms with Crippen LogP contribution >= 0.6 is 11.3 Å². The Labute approximate surface area is 265 Å². The van der Waals surface area contributed by atoms with Gasteiger partial charge in [0, 0.05) is 16.7 Å². The van der Waals surface area contributed by atoms with Crippen LogP contribution in [-0.2, 0) is 9.53 Å². The van der Waals surface area contributed by atoms with Crippen molar-refractivity contribution < 1.29 is 28.5 Å². The lowest BCUT2D eigenvalue weighted by atomic mass is 9.92. The van der Waals surface area contributed by atoms with Crippen LogP contribution in [0.2, 0.25) is 0 Å². The SMILES string of the molecule is CCCOc1c(OC)cccc1[C@H]1C(C(=O)OCC)=C(c2ccccc2)N=c2s/c(=C/c3cccc(OC)c3OCC)c(=O)n21. The zero-order valence-electron chi connectivity index (χ0n) is 26.0. The molecule has 1 aliphatic heterocycles. The number of para-hydroxylation sites is 2. The Morgan fingerprint density at radius 3 is 2.27 bits per heavy atom. The smallest absolute Gasteiger partial charge is 0.338 e. The number of hydrogen-bond acceptors (Lipinski definition) is 9. The molecule has 234 valence electrons. The van der Waals surface area contributed by atoms with Crippen LogP contribution in [0.1, 0.15) is 49.9 Å². The molecule has 0 saturated heterocycles. The van der Waals surface area contributed by atoms with E-state index < -0.39 is 12.0 Å². The van der Waals surface area contributed by atoms with Crippen LogP contribution in [0.3, 0.4) is 0 Å². The number of aromatic nitrogens is 1. The van der Waals surface area contributed by atoms with Crippen LogP contribution in [0, 0.1) is 0 Å². The monoisotopic (exact) mass is 628 g/mol. The Hall–Kier alpha value is -4.83. The average molecular weight is 629 g/mol. The first kappa shape index (κ1) is 31.6. The summed E-state index contributed by atoms with van der Waals surface area (Å²) in [6, 6.07) is 19.5. The van der Waals surface area contributed by atoms with E-state index in [4.69, 9.17) is 28.7 Å². The van der Waals surface area contributed by atoms with Gasteiger partial charge in [-0.3, -0.25) is 9.36 Å². The number of ether oxygens (including phenoxy) is 5. The van der Waals surface area contributed by atoms with Crippen LogP contribution in [0.25, 0.3) is 11.8 Å². The third-order valence-corrected chi connectivity index (χ3v) is 8.14. The highest BCUT2D eigenvalue weighted by Crippen LogP contribution is 2.42. The summed E-state index contributed by atoms with van der Waals surface area (Å²) in [5.41, 5.74) is 2.30. The largest absolute Gasteiger partial charge is 0.493 e. The summed E-state index contributed by atoms with van der Waals surface area (Å²) in [6.45, 7) is 6.62. The van der Waals surface area contributed by atoms with Gasteiger partial charge in [-0.2, -0.15) is 0 Å².